The Morgan fingerprint density at radius 3 is 2.55 bits per heavy atom. The van der Waals surface area contributed by atoms with Crippen LogP contribution >= 0.6 is 15.9 Å². The maximum atomic E-state index is 12.2. The van der Waals surface area contributed by atoms with Gasteiger partial charge in [-0.05, 0) is 27.0 Å². The standard InChI is InChI=1S/C14H10BrN5O2/c1-2-7-19-13(21)8-12(15)14(22)20(19)9-10-3-5-11(6-4-10)17-18-16/h1,3-6,8H,7,9H2. The molecule has 8 heteroatoms. The van der Waals surface area contributed by atoms with Gasteiger partial charge in [0.05, 0.1) is 11.0 Å². The lowest BCUT2D eigenvalue weighted by atomic mass is 10.2. The van der Waals surface area contributed by atoms with Gasteiger partial charge in [0.1, 0.15) is 6.54 Å². The van der Waals surface area contributed by atoms with Crippen molar-refractivity contribution in [3.63, 3.8) is 0 Å². The summed E-state index contributed by atoms with van der Waals surface area (Å²) < 4.78 is 2.65. The summed E-state index contributed by atoms with van der Waals surface area (Å²) in [5.74, 6) is 2.36. The van der Waals surface area contributed by atoms with Crippen LogP contribution in [0.4, 0.5) is 5.69 Å². The van der Waals surface area contributed by atoms with Gasteiger partial charge in [0.2, 0.25) is 0 Å². The van der Waals surface area contributed by atoms with E-state index < -0.39 is 0 Å². The summed E-state index contributed by atoms with van der Waals surface area (Å²) in [5, 5.41) is 3.47. The molecule has 110 valence electrons. The summed E-state index contributed by atoms with van der Waals surface area (Å²) in [5.41, 5.74) is 8.88. The van der Waals surface area contributed by atoms with Crippen molar-refractivity contribution >= 4 is 21.6 Å². The maximum absolute atomic E-state index is 12.2. The van der Waals surface area contributed by atoms with E-state index in [1.54, 1.807) is 24.3 Å². The van der Waals surface area contributed by atoms with Gasteiger partial charge in [0.25, 0.3) is 11.1 Å². The van der Waals surface area contributed by atoms with Crippen molar-refractivity contribution in [3.05, 3.63) is 71.5 Å². The highest BCUT2D eigenvalue weighted by atomic mass is 79.9. The van der Waals surface area contributed by atoms with Crippen LogP contribution in [0.2, 0.25) is 0 Å². The lowest BCUT2D eigenvalue weighted by Gasteiger charge is -2.14. The lowest BCUT2D eigenvalue weighted by molar-refractivity contribution is 0.473. The molecule has 0 aliphatic rings. The molecular weight excluding hydrogens is 350 g/mol. The molecule has 0 aliphatic heterocycles. The fourth-order valence-corrected chi connectivity index (χ4v) is 2.30. The highest BCUT2D eigenvalue weighted by Gasteiger charge is 2.09. The number of hydrogen-bond acceptors (Lipinski definition) is 3. The van der Waals surface area contributed by atoms with E-state index in [1.165, 1.54) is 15.4 Å². The van der Waals surface area contributed by atoms with E-state index in [-0.39, 0.29) is 28.7 Å². The van der Waals surface area contributed by atoms with E-state index in [0.29, 0.717) is 5.69 Å². The van der Waals surface area contributed by atoms with E-state index >= 15 is 0 Å². The molecule has 0 fully saturated rings. The first-order chi connectivity index (χ1) is 10.6. The molecule has 7 nitrogen and oxygen atoms in total. The Labute approximate surface area is 133 Å². The van der Waals surface area contributed by atoms with Crippen molar-refractivity contribution in [3.8, 4) is 12.3 Å². The number of aromatic nitrogens is 2. The Morgan fingerprint density at radius 2 is 1.95 bits per heavy atom. The van der Waals surface area contributed by atoms with Crippen LogP contribution in [0.1, 0.15) is 5.56 Å². The Kier molecular flexibility index (Phi) is 4.84. The summed E-state index contributed by atoms with van der Waals surface area (Å²) in [4.78, 5) is 26.9. The van der Waals surface area contributed by atoms with Crippen LogP contribution in [0.15, 0.2) is 49.5 Å². The topological polar surface area (TPSA) is 92.8 Å². The molecule has 0 saturated heterocycles. The second-order valence-electron chi connectivity index (χ2n) is 4.31. The molecule has 0 N–H and O–H groups in total. The second kappa shape index (κ2) is 6.80. The molecule has 1 heterocycles. The van der Waals surface area contributed by atoms with Gasteiger partial charge in [-0.15, -0.1) is 6.42 Å². The quantitative estimate of drug-likeness (QED) is 0.362. The Balaban J connectivity index is 2.48. The Morgan fingerprint density at radius 1 is 1.27 bits per heavy atom. The van der Waals surface area contributed by atoms with Crippen molar-refractivity contribution in [2.24, 2.45) is 5.11 Å². The maximum Gasteiger partial charge on any atom is 0.280 e. The van der Waals surface area contributed by atoms with E-state index in [9.17, 15) is 9.59 Å². The second-order valence-corrected chi connectivity index (χ2v) is 5.17. The Bertz CT molecular complexity index is 899. The molecule has 2 aromatic rings. The minimum atomic E-state index is -0.366. The van der Waals surface area contributed by atoms with Crippen LogP contribution < -0.4 is 11.1 Å². The van der Waals surface area contributed by atoms with Crippen LogP contribution in [-0.2, 0) is 13.1 Å². The van der Waals surface area contributed by atoms with E-state index in [0.717, 1.165) is 5.56 Å². The fourth-order valence-electron chi connectivity index (χ4n) is 1.90. The fraction of sp³-hybridized carbons (Fsp3) is 0.143. The normalized spacial score (nSPS) is 9.82. The molecule has 0 unspecified atom stereocenters. The molecule has 2 rings (SSSR count). The number of hydrogen-bond donors (Lipinski definition) is 0. The van der Waals surface area contributed by atoms with Gasteiger partial charge < -0.3 is 0 Å². The van der Waals surface area contributed by atoms with Crippen molar-refractivity contribution in [1.82, 2.24) is 9.36 Å². The van der Waals surface area contributed by atoms with E-state index in [1.807, 2.05) is 0 Å². The lowest BCUT2D eigenvalue weighted by Crippen LogP contribution is -2.38. The van der Waals surface area contributed by atoms with E-state index in [2.05, 4.69) is 31.9 Å². The zero-order chi connectivity index (χ0) is 16.1. The molecule has 0 spiro atoms. The molecule has 0 atom stereocenters. The number of terminal acetylenes is 1. The minimum absolute atomic E-state index is 0.00182. The first kappa shape index (κ1) is 15.6. The molecule has 0 bridgehead atoms. The number of nitrogens with zero attached hydrogens (tertiary/aromatic N) is 5. The van der Waals surface area contributed by atoms with Gasteiger partial charge in [-0.1, -0.05) is 35.3 Å². The Hall–Kier alpha value is -2.75. The van der Waals surface area contributed by atoms with Crippen molar-refractivity contribution in [2.75, 3.05) is 0 Å². The number of azide groups is 1. The molecule has 0 amide bonds. The largest absolute Gasteiger partial charge is 0.280 e. The van der Waals surface area contributed by atoms with Crippen molar-refractivity contribution in [1.29, 1.82) is 0 Å². The van der Waals surface area contributed by atoms with Crippen molar-refractivity contribution < 1.29 is 0 Å². The average molecular weight is 360 g/mol. The molecule has 0 radical (unpaired) electrons. The summed E-state index contributed by atoms with van der Waals surface area (Å²) >= 11 is 3.07. The third-order valence-electron chi connectivity index (χ3n) is 2.90. The monoisotopic (exact) mass is 359 g/mol. The van der Waals surface area contributed by atoms with Gasteiger partial charge in [0, 0.05) is 16.7 Å². The zero-order valence-electron chi connectivity index (χ0n) is 11.3. The van der Waals surface area contributed by atoms with Crippen LogP contribution in [-0.4, -0.2) is 9.36 Å². The first-order valence-corrected chi connectivity index (χ1v) is 6.94. The number of rotatable bonds is 4. The van der Waals surface area contributed by atoms with Crippen molar-refractivity contribution in [2.45, 2.75) is 13.1 Å². The van der Waals surface area contributed by atoms with Gasteiger partial charge in [-0.3, -0.25) is 9.59 Å². The molecule has 1 aromatic carbocycles. The molecule has 0 aliphatic carbocycles. The zero-order valence-corrected chi connectivity index (χ0v) is 12.9. The van der Waals surface area contributed by atoms with Crippen LogP contribution in [0.3, 0.4) is 0 Å². The van der Waals surface area contributed by atoms with Crippen LogP contribution in [0, 0.1) is 12.3 Å². The van der Waals surface area contributed by atoms with Crippen LogP contribution in [0.25, 0.3) is 10.4 Å². The average Bonchev–Trinajstić information content (AvgIpc) is 2.50. The smallest absolute Gasteiger partial charge is 0.268 e. The van der Waals surface area contributed by atoms with Gasteiger partial charge in [-0.25, -0.2) is 9.36 Å². The minimum Gasteiger partial charge on any atom is -0.268 e. The molecule has 22 heavy (non-hydrogen) atoms. The van der Waals surface area contributed by atoms with Crippen LogP contribution in [0.5, 0.6) is 0 Å². The predicted molar refractivity (Wildman–Crippen MR) is 85.8 cm³/mol. The third kappa shape index (κ3) is 3.28. The summed E-state index contributed by atoms with van der Waals surface area (Å²) in [6, 6.07) is 7.87. The molecular formula is C14H10BrN5O2. The number of halogens is 1. The predicted octanol–water partition coefficient (Wildman–Crippen LogP) is 2.40. The summed E-state index contributed by atoms with van der Waals surface area (Å²) in [6.07, 6.45) is 5.25. The number of benzene rings is 1. The highest BCUT2D eigenvalue weighted by Crippen LogP contribution is 2.13. The first-order valence-electron chi connectivity index (χ1n) is 6.15. The summed E-state index contributed by atoms with van der Waals surface area (Å²) in [6.45, 7) is 0.171. The molecule has 1 aromatic heterocycles. The third-order valence-corrected chi connectivity index (χ3v) is 3.47. The van der Waals surface area contributed by atoms with Gasteiger partial charge in [0.15, 0.2) is 0 Å². The highest BCUT2D eigenvalue weighted by molar-refractivity contribution is 9.10. The van der Waals surface area contributed by atoms with E-state index in [4.69, 9.17) is 12.0 Å². The SMILES string of the molecule is C#CCn1c(=O)cc(Br)c(=O)n1Cc1ccc(N=[N+]=[N-])cc1. The molecule has 0 saturated carbocycles. The van der Waals surface area contributed by atoms with Gasteiger partial charge in [-0.2, -0.15) is 0 Å². The summed E-state index contributed by atoms with van der Waals surface area (Å²) in [7, 11) is 0. The van der Waals surface area contributed by atoms with Gasteiger partial charge >= 0.3 is 0 Å².